The quantitative estimate of drug-likeness (QED) is 0.543. The number of nitrogens with one attached hydrogen (secondary N) is 1. The number of β-amino-alcohol motifs (C(OH)–C–C–N with tert-alkyl or cyclic N) is 1. The number of amides is 1. The first-order chi connectivity index (χ1) is 15.2. The highest BCUT2D eigenvalue weighted by Gasteiger charge is 2.23. The third-order valence-corrected chi connectivity index (χ3v) is 4.75. The van der Waals surface area contributed by atoms with Crippen molar-refractivity contribution >= 4 is 30.9 Å². The SMILES string of the molecule is C=O.C=O.CC1CCC(O)CN(c2cc(C(=O)Nc3cc(F)c(F)c(F)c3)ccc2F)C1. The van der Waals surface area contributed by atoms with Crippen LogP contribution >= 0.6 is 0 Å². The monoisotopic (exact) mass is 456 g/mol. The third kappa shape index (κ3) is 6.88. The Bertz CT molecular complexity index is 892. The lowest BCUT2D eigenvalue weighted by atomic mass is 10.1. The van der Waals surface area contributed by atoms with Gasteiger partial charge in [-0.15, -0.1) is 0 Å². The van der Waals surface area contributed by atoms with Gasteiger partial charge in [-0.1, -0.05) is 6.92 Å². The van der Waals surface area contributed by atoms with Crippen LogP contribution in [0.4, 0.5) is 28.9 Å². The van der Waals surface area contributed by atoms with Gasteiger partial charge in [-0.25, -0.2) is 17.6 Å². The van der Waals surface area contributed by atoms with E-state index in [9.17, 15) is 27.5 Å². The molecular weight excluding hydrogens is 432 g/mol. The summed E-state index contributed by atoms with van der Waals surface area (Å²) < 4.78 is 54.1. The standard InChI is InChI=1S/C20H20F4N2O2.2CH2O/c1-11-2-4-14(27)10-26(9-11)18-6-12(3-5-15(18)21)20(28)25-13-7-16(22)19(24)17(23)8-13;2*1-2/h3,5-8,11,14,27H,2,4,9-10H2,1H3,(H,25,28);2*1H2. The number of hydrogen-bond donors (Lipinski definition) is 2. The molecule has 2 aromatic carbocycles. The summed E-state index contributed by atoms with van der Waals surface area (Å²) in [5, 5.41) is 12.3. The molecule has 32 heavy (non-hydrogen) atoms. The first-order valence-electron chi connectivity index (χ1n) is 9.50. The Balaban J connectivity index is 0.00000121. The number of carbonyl (C=O) groups is 3. The Morgan fingerprint density at radius 3 is 2.16 bits per heavy atom. The highest BCUT2D eigenvalue weighted by molar-refractivity contribution is 6.04. The molecular formula is C22H24F4N2O4. The van der Waals surface area contributed by atoms with E-state index in [1.165, 1.54) is 12.1 Å². The minimum atomic E-state index is -1.63. The van der Waals surface area contributed by atoms with Crippen molar-refractivity contribution in [2.45, 2.75) is 25.9 Å². The molecule has 10 heteroatoms. The van der Waals surface area contributed by atoms with Crippen LogP contribution in [0.3, 0.4) is 0 Å². The Morgan fingerprint density at radius 2 is 1.56 bits per heavy atom. The minimum absolute atomic E-state index is 0.0629. The first-order valence-corrected chi connectivity index (χ1v) is 9.50. The third-order valence-electron chi connectivity index (χ3n) is 4.75. The highest BCUT2D eigenvalue weighted by Crippen LogP contribution is 2.27. The van der Waals surface area contributed by atoms with Crippen LogP contribution in [0, 0.1) is 29.2 Å². The van der Waals surface area contributed by atoms with E-state index in [0.29, 0.717) is 25.1 Å². The van der Waals surface area contributed by atoms with Crippen molar-refractivity contribution in [3.8, 4) is 0 Å². The second kappa shape index (κ2) is 12.6. The average Bonchev–Trinajstić information content (AvgIpc) is 2.95. The van der Waals surface area contributed by atoms with Crippen molar-refractivity contribution in [3.63, 3.8) is 0 Å². The number of halogens is 4. The van der Waals surface area contributed by atoms with Crippen LogP contribution in [0.5, 0.6) is 0 Å². The number of anilines is 2. The van der Waals surface area contributed by atoms with Crippen molar-refractivity contribution in [2.24, 2.45) is 5.92 Å². The van der Waals surface area contributed by atoms with Gasteiger partial charge in [0.25, 0.3) is 5.91 Å². The second-order valence-electron chi connectivity index (χ2n) is 7.12. The molecule has 1 aliphatic heterocycles. The molecule has 0 aromatic heterocycles. The van der Waals surface area contributed by atoms with Gasteiger partial charge in [-0.3, -0.25) is 4.79 Å². The smallest absolute Gasteiger partial charge is 0.255 e. The molecule has 1 saturated heterocycles. The Morgan fingerprint density at radius 1 is 0.969 bits per heavy atom. The van der Waals surface area contributed by atoms with Crippen LogP contribution in [0.15, 0.2) is 30.3 Å². The normalized spacial score (nSPS) is 17.8. The van der Waals surface area contributed by atoms with E-state index in [2.05, 4.69) is 5.32 Å². The summed E-state index contributed by atoms with van der Waals surface area (Å²) in [5.74, 6) is -5.52. The van der Waals surface area contributed by atoms with E-state index >= 15 is 0 Å². The van der Waals surface area contributed by atoms with Crippen molar-refractivity contribution < 1.29 is 37.1 Å². The summed E-state index contributed by atoms with van der Waals surface area (Å²) in [6.07, 6.45) is 0.814. The van der Waals surface area contributed by atoms with Gasteiger partial charge < -0.3 is 24.9 Å². The summed E-state index contributed by atoms with van der Waals surface area (Å²) in [5.41, 5.74) is -0.0315. The second-order valence-corrected chi connectivity index (χ2v) is 7.12. The molecule has 0 aliphatic carbocycles. The number of nitrogens with zero attached hydrogens (tertiary/aromatic N) is 1. The summed E-state index contributed by atoms with van der Waals surface area (Å²) in [7, 11) is 0. The molecule has 174 valence electrons. The molecule has 2 N–H and O–H groups in total. The van der Waals surface area contributed by atoms with Crippen molar-refractivity contribution in [3.05, 3.63) is 59.2 Å². The fourth-order valence-corrected chi connectivity index (χ4v) is 3.29. The molecule has 0 saturated carbocycles. The summed E-state index contributed by atoms with van der Waals surface area (Å²) >= 11 is 0. The van der Waals surface area contributed by atoms with Gasteiger partial charge in [0, 0.05) is 36.5 Å². The Labute approximate surface area is 182 Å². The molecule has 1 aliphatic rings. The predicted molar refractivity (Wildman–Crippen MR) is 112 cm³/mol. The highest BCUT2D eigenvalue weighted by atomic mass is 19.2. The largest absolute Gasteiger partial charge is 0.391 e. The van der Waals surface area contributed by atoms with E-state index in [1.54, 1.807) is 4.90 Å². The van der Waals surface area contributed by atoms with Crippen molar-refractivity contribution in [2.75, 3.05) is 23.3 Å². The molecule has 1 amide bonds. The van der Waals surface area contributed by atoms with Gasteiger partial charge in [-0.2, -0.15) is 0 Å². The summed E-state index contributed by atoms with van der Waals surface area (Å²) in [6, 6.07) is 5.01. The van der Waals surface area contributed by atoms with E-state index in [4.69, 9.17) is 9.59 Å². The van der Waals surface area contributed by atoms with E-state index in [0.717, 1.165) is 12.5 Å². The number of aliphatic hydroxyl groups is 1. The summed E-state index contributed by atoms with van der Waals surface area (Å²) in [6.45, 7) is 6.76. The average molecular weight is 456 g/mol. The molecule has 3 rings (SSSR count). The molecule has 0 radical (unpaired) electrons. The molecule has 1 heterocycles. The van der Waals surface area contributed by atoms with Crippen LogP contribution < -0.4 is 10.2 Å². The molecule has 2 aromatic rings. The van der Waals surface area contributed by atoms with Gasteiger partial charge in [0.05, 0.1) is 11.8 Å². The maximum Gasteiger partial charge on any atom is 0.255 e. The maximum atomic E-state index is 14.4. The van der Waals surface area contributed by atoms with Crippen molar-refractivity contribution in [1.82, 2.24) is 0 Å². The zero-order valence-electron chi connectivity index (χ0n) is 17.4. The summed E-state index contributed by atoms with van der Waals surface area (Å²) in [4.78, 5) is 30.1. The lowest BCUT2D eigenvalue weighted by Crippen LogP contribution is -2.33. The van der Waals surface area contributed by atoms with Crippen LogP contribution in [-0.2, 0) is 9.59 Å². The van der Waals surface area contributed by atoms with Crippen LogP contribution in [0.1, 0.15) is 30.1 Å². The fourth-order valence-electron chi connectivity index (χ4n) is 3.29. The molecule has 0 spiro atoms. The molecule has 1 fully saturated rings. The molecule has 0 bridgehead atoms. The van der Waals surface area contributed by atoms with Crippen LogP contribution in [0.2, 0.25) is 0 Å². The van der Waals surface area contributed by atoms with Crippen LogP contribution in [0.25, 0.3) is 0 Å². The maximum absolute atomic E-state index is 14.4. The number of hydrogen-bond acceptors (Lipinski definition) is 5. The Kier molecular flexibility index (Phi) is 10.5. The van der Waals surface area contributed by atoms with Gasteiger partial charge in [0.2, 0.25) is 0 Å². The lowest BCUT2D eigenvalue weighted by molar-refractivity contribution is -0.0987. The number of rotatable bonds is 3. The zero-order valence-corrected chi connectivity index (χ0v) is 17.4. The molecule has 2 atom stereocenters. The number of aliphatic hydroxyl groups excluding tert-OH is 1. The molecule has 2 unspecified atom stereocenters. The van der Waals surface area contributed by atoms with Gasteiger partial charge >= 0.3 is 0 Å². The Hall–Kier alpha value is -3.27. The fraction of sp³-hybridized carbons (Fsp3) is 0.318. The number of benzene rings is 2. The first kappa shape index (κ1) is 26.8. The minimum Gasteiger partial charge on any atom is -0.391 e. The van der Waals surface area contributed by atoms with E-state index in [-0.39, 0.29) is 29.4 Å². The number of carbonyl (C=O) groups excluding carboxylic acids is 3. The molecule has 6 nitrogen and oxygen atoms in total. The predicted octanol–water partition coefficient (Wildman–Crippen LogP) is 3.72. The van der Waals surface area contributed by atoms with E-state index in [1.807, 2.05) is 20.5 Å². The van der Waals surface area contributed by atoms with Crippen molar-refractivity contribution in [1.29, 1.82) is 0 Å². The zero-order chi connectivity index (χ0) is 24.4. The van der Waals surface area contributed by atoms with Gasteiger partial charge in [0.1, 0.15) is 19.4 Å². The van der Waals surface area contributed by atoms with Crippen LogP contribution in [-0.4, -0.2) is 43.8 Å². The van der Waals surface area contributed by atoms with E-state index < -0.39 is 35.3 Å². The van der Waals surface area contributed by atoms with Gasteiger partial charge in [-0.05, 0) is 37.0 Å². The van der Waals surface area contributed by atoms with Gasteiger partial charge in [0.15, 0.2) is 17.5 Å². The lowest BCUT2D eigenvalue weighted by Gasteiger charge is -2.27. The topological polar surface area (TPSA) is 86.7 Å².